The Morgan fingerprint density at radius 1 is 1.50 bits per heavy atom. The summed E-state index contributed by atoms with van der Waals surface area (Å²) in [7, 11) is 0. The second-order valence-electron chi connectivity index (χ2n) is 4.08. The summed E-state index contributed by atoms with van der Waals surface area (Å²) in [4.78, 5) is 15.6. The first kappa shape index (κ1) is 12.8. The molecule has 18 heavy (non-hydrogen) atoms. The summed E-state index contributed by atoms with van der Waals surface area (Å²) < 4.78 is 7.01. The number of halogens is 1. The van der Waals surface area contributed by atoms with Crippen molar-refractivity contribution in [2.24, 2.45) is 0 Å². The molecule has 0 N–H and O–H groups in total. The van der Waals surface area contributed by atoms with Gasteiger partial charge in [0.25, 0.3) is 0 Å². The van der Waals surface area contributed by atoms with Crippen LogP contribution in [0.25, 0.3) is 0 Å². The monoisotopic (exact) mass is 267 g/mol. The molecule has 2 rings (SSSR count). The minimum atomic E-state index is -0.0474. The van der Waals surface area contributed by atoms with E-state index >= 15 is 0 Å². The van der Waals surface area contributed by atoms with E-state index in [1.54, 1.807) is 0 Å². The highest BCUT2D eigenvalue weighted by atomic mass is 35.5. The molecule has 0 spiro atoms. The second kappa shape index (κ2) is 5.35. The van der Waals surface area contributed by atoms with Gasteiger partial charge in [0, 0.05) is 29.9 Å². The Bertz CT molecular complexity index is 546. The molecule has 96 valence electrons. The van der Waals surface area contributed by atoms with Crippen molar-refractivity contribution in [3.8, 4) is 0 Å². The van der Waals surface area contributed by atoms with E-state index in [-0.39, 0.29) is 11.7 Å². The molecular formula is C12H14ClN3O2. The first-order valence-electron chi connectivity index (χ1n) is 5.65. The predicted octanol–water partition coefficient (Wildman–Crippen LogP) is 2.15. The Balaban J connectivity index is 2.18. The highest BCUT2D eigenvalue weighted by molar-refractivity contribution is 6.30. The van der Waals surface area contributed by atoms with Crippen molar-refractivity contribution < 1.29 is 9.32 Å². The quantitative estimate of drug-likeness (QED) is 0.615. The van der Waals surface area contributed by atoms with Gasteiger partial charge in [0.15, 0.2) is 12.1 Å². The molecule has 0 saturated carbocycles. The van der Waals surface area contributed by atoms with Gasteiger partial charge < -0.3 is 9.09 Å². The molecule has 0 unspecified atom stereocenters. The van der Waals surface area contributed by atoms with Crippen LogP contribution in [-0.4, -0.2) is 26.4 Å². The fraction of sp³-hybridized carbons (Fsp3) is 0.417. The molecule has 2 aromatic heterocycles. The molecule has 0 atom stereocenters. The summed E-state index contributed by atoms with van der Waals surface area (Å²) in [6.07, 6.45) is 2.03. The van der Waals surface area contributed by atoms with Gasteiger partial charge in [-0.25, -0.2) is 0 Å². The van der Waals surface area contributed by atoms with Gasteiger partial charge in [-0.2, -0.15) is 4.98 Å². The lowest BCUT2D eigenvalue weighted by Crippen LogP contribution is -2.07. The van der Waals surface area contributed by atoms with Gasteiger partial charge in [0.05, 0.1) is 5.88 Å². The van der Waals surface area contributed by atoms with Crippen molar-refractivity contribution in [2.45, 2.75) is 26.8 Å². The van der Waals surface area contributed by atoms with Gasteiger partial charge in [-0.05, 0) is 19.9 Å². The topological polar surface area (TPSA) is 60.9 Å². The number of hydrogen-bond acceptors (Lipinski definition) is 4. The van der Waals surface area contributed by atoms with E-state index in [0.717, 1.165) is 11.4 Å². The van der Waals surface area contributed by atoms with Crippen molar-refractivity contribution >= 4 is 17.4 Å². The molecule has 0 aromatic carbocycles. The number of rotatable bonds is 5. The van der Waals surface area contributed by atoms with Crippen molar-refractivity contribution in [2.75, 3.05) is 5.88 Å². The van der Waals surface area contributed by atoms with Crippen LogP contribution in [0.15, 0.2) is 16.9 Å². The summed E-state index contributed by atoms with van der Waals surface area (Å²) in [5, 5.41) is 3.56. The maximum absolute atomic E-state index is 11.6. The smallest absolute Gasteiger partial charge is 0.228 e. The Morgan fingerprint density at radius 2 is 2.28 bits per heavy atom. The Labute approximate surface area is 110 Å². The van der Waals surface area contributed by atoms with Crippen LogP contribution < -0.4 is 0 Å². The fourth-order valence-electron chi connectivity index (χ4n) is 2.01. The van der Waals surface area contributed by atoms with E-state index in [0.29, 0.717) is 24.4 Å². The van der Waals surface area contributed by atoms with Crippen LogP contribution in [-0.2, 0) is 13.0 Å². The minimum absolute atomic E-state index is 0.00789. The number of aryl methyl sites for hydroxylation is 2. The molecular weight excluding hydrogens is 254 g/mol. The highest BCUT2D eigenvalue weighted by Gasteiger charge is 2.15. The summed E-state index contributed by atoms with van der Waals surface area (Å²) in [5.74, 6) is 0.551. The molecule has 0 aliphatic carbocycles. The molecule has 0 fully saturated rings. The van der Waals surface area contributed by atoms with Crippen LogP contribution in [0.2, 0.25) is 0 Å². The number of nitrogens with zero attached hydrogens (tertiary/aromatic N) is 3. The van der Waals surface area contributed by atoms with Crippen molar-refractivity contribution in [1.29, 1.82) is 0 Å². The van der Waals surface area contributed by atoms with Crippen LogP contribution in [0.1, 0.15) is 27.6 Å². The Morgan fingerprint density at radius 3 is 2.89 bits per heavy atom. The number of hydrogen-bond donors (Lipinski definition) is 0. The largest absolute Gasteiger partial charge is 0.348 e. The number of alkyl halides is 1. The lowest BCUT2D eigenvalue weighted by molar-refractivity contribution is 0.102. The van der Waals surface area contributed by atoms with Gasteiger partial charge in [-0.1, -0.05) is 5.16 Å². The minimum Gasteiger partial charge on any atom is -0.348 e. The second-order valence-corrected chi connectivity index (χ2v) is 4.35. The zero-order chi connectivity index (χ0) is 13.1. The fourth-order valence-corrected chi connectivity index (χ4v) is 2.16. The van der Waals surface area contributed by atoms with Crippen LogP contribution in [0, 0.1) is 13.8 Å². The molecule has 0 aliphatic rings. The third-order valence-corrected chi connectivity index (χ3v) is 3.19. The SMILES string of the molecule is Cc1cc(C(=O)CCl)c(C)n1CCc1ncno1. The standard InChI is InChI=1S/C12H14ClN3O2/c1-8-5-10(11(17)6-13)9(2)16(8)4-3-12-14-7-15-18-12/h5,7H,3-4,6H2,1-2H3. The predicted molar refractivity (Wildman–Crippen MR) is 67.0 cm³/mol. The highest BCUT2D eigenvalue weighted by Crippen LogP contribution is 2.16. The number of carbonyl (C=O) groups is 1. The number of Topliss-reactive ketones (excluding diaryl/α,β-unsaturated/α-hetero) is 1. The average Bonchev–Trinajstić information content (AvgIpc) is 2.96. The van der Waals surface area contributed by atoms with E-state index < -0.39 is 0 Å². The Hall–Kier alpha value is -1.62. The first-order chi connectivity index (χ1) is 8.63. The summed E-state index contributed by atoms with van der Waals surface area (Å²) in [6, 6.07) is 1.87. The van der Waals surface area contributed by atoms with Gasteiger partial charge in [0.1, 0.15) is 0 Å². The van der Waals surface area contributed by atoms with Crippen LogP contribution in [0.5, 0.6) is 0 Å². The van der Waals surface area contributed by atoms with Crippen molar-refractivity contribution in [1.82, 2.24) is 14.7 Å². The van der Waals surface area contributed by atoms with E-state index in [1.165, 1.54) is 6.33 Å². The zero-order valence-corrected chi connectivity index (χ0v) is 11.1. The maximum atomic E-state index is 11.6. The lowest BCUT2D eigenvalue weighted by Gasteiger charge is -2.07. The third-order valence-electron chi connectivity index (χ3n) is 2.95. The van der Waals surface area contributed by atoms with Gasteiger partial charge in [0.2, 0.25) is 5.89 Å². The average molecular weight is 268 g/mol. The number of ketones is 1. The number of aromatic nitrogens is 3. The summed E-state index contributed by atoms with van der Waals surface area (Å²) in [5.41, 5.74) is 2.64. The van der Waals surface area contributed by atoms with Crippen LogP contribution in [0.4, 0.5) is 0 Å². The van der Waals surface area contributed by atoms with Gasteiger partial charge in [-0.3, -0.25) is 4.79 Å². The molecule has 5 nitrogen and oxygen atoms in total. The van der Waals surface area contributed by atoms with Gasteiger partial charge >= 0.3 is 0 Å². The molecule has 2 aromatic rings. The molecule has 0 aliphatic heterocycles. The molecule has 0 bridgehead atoms. The number of carbonyl (C=O) groups excluding carboxylic acids is 1. The maximum Gasteiger partial charge on any atom is 0.228 e. The zero-order valence-electron chi connectivity index (χ0n) is 10.3. The molecule has 2 heterocycles. The molecule has 0 amide bonds. The first-order valence-corrected chi connectivity index (χ1v) is 6.18. The normalized spacial score (nSPS) is 10.8. The van der Waals surface area contributed by atoms with Crippen molar-refractivity contribution in [3.05, 3.63) is 35.2 Å². The lowest BCUT2D eigenvalue weighted by atomic mass is 10.2. The van der Waals surface area contributed by atoms with Crippen LogP contribution in [0.3, 0.4) is 0 Å². The summed E-state index contributed by atoms with van der Waals surface area (Å²) >= 11 is 5.59. The summed E-state index contributed by atoms with van der Waals surface area (Å²) in [6.45, 7) is 4.59. The third kappa shape index (κ3) is 2.46. The molecule has 0 saturated heterocycles. The van der Waals surface area contributed by atoms with E-state index in [9.17, 15) is 4.79 Å². The van der Waals surface area contributed by atoms with Crippen LogP contribution >= 0.6 is 11.6 Å². The molecule has 0 radical (unpaired) electrons. The van der Waals surface area contributed by atoms with E-state index in [1.807, 2.05) is 19.9 Å². The Kier molecular flexibility index (Phi) is 3.81. The van der Waals surface area contributed by atoms with E-state index in [2.05, 4.69) is 14.7 Å². The van der Waals surface area contributed by atoms with E-state index in [4.69, 9.17) is 16.1 Å². The van der Waals surface area contributed by atoms with Gasteiger partial charge in [-0.15, -0.1) is 11.6 Å². The molecule has 6 heteroatoms. The van der Waals surface area contributed by atoms with Crippen molar-refractivity contribution in [3.63, 3.8) is 0 Å².